The van der Waals surface area contributed by atoms with Gasteiger partial charge in [0.2, 0.25) is 0 Å². The third-order valence-electron chi connectivity index (χ3n) is 2.07. The third-order valence-corrected chi connectivity index (χ3v) is 2.07. The van der Waals surface area contributed by atoms with Crippen LogP contribution in [0.2, 0.25) is 0 Å². The lowest BCUT2D eigenvalue weighted by Gasteiger charge is -2.09. The maximum Gasteiger partial charge on any atom is 0.320 e. The van der Waals surface area contributed by atoms with Crippen molar-refractivity contribution in [1.82, 2.24) is 9.88 Å². The number of nitrogens with one attached hydrogen (secondary N) is 1. The molecule has 0 spiro atoms. The van der Waals surface area contributed by atoms with Crippen LogP contribution in [0.25, 0.3) is 0 Å². The summed E-state index contributed by atoms with van der Waals surface area (Å²) in [6.07, 6.45) is 1.68. The Bertz CT molecular complexity index is 386. The number of carboxylic acids is 1. The van der Waals surface area contributed by atoms with E-state index in [-0.39, 0.29) is 5.56 Å². The summed E-state index contributed by atoms with van der Waals surface area (Å²) in [6.45, 7) is 2.49. The van der Waals surface area contributed by atoms with Gasteiger partial charge in [0.15, 0.2) is 0 Å². The quantitative estimate of drug-likeness (QED) is 0.712. The van der Waals surface area contributed by atoms with Crippen LogP contribution in [0.1, 0.15) is 6.92 Å². The van der Waals surface area contributed by atoms with E-state index in [4.69, 9.17) is 5.11 Å². The average Bonchev–Trinajstić information content (AvgIpc) is 2.20. The number of aromatic nitrogens is 1. The van der Waals surface area contributed by atoms with Crippen LogP contribution in [0, 0.1) is 0 Å². The van der Waals surface area contributed by atoms with Crippen molar-refractivity contribution in [1.29, 1.82) is 0 Å². The zero-order valence-corrected chi connectivity index (χ0v) is 8.51. The van der Waals surface area contributed by atoms with E-state index in [0.717, 1.165) is 0 Å². The van der Waals surface area contributed by atoms with E-state index in [1.54, 1.807) is 25.3 Å². The lowest BCUT2D eigenvalue weighted by Crippen LogP contribution is -2.36. The molecule has 82 valence electrons. The summed E-state index contributed by atoms with van der Waals surface area (Å²) in [6, 6.07) is 4.32. The number of pyridine rings is 1. The standard InChI is InChI=1S/C10H14N2O3/c1-8(10(14)15)11-5-7-12-6-3-2-4-9(12)13/h2-4,6,8,11H,5,7H2,1H3,(H,14,15). The van der Waals surface area contributed by atoms with Crippen LogP contribution in [0.4, 0.5) is 0 Å². The minimum atomic E-state index is -0.893. The number of rotatable bonds is 5. The molecule has 1 aromatic heterocycles. The van der Waals surface area contributed by atoms with Crippen LogP contribution in [-0.4, -0.2) is 28.2 Å². The zero-order chi connectivity index (χ0) is 11.3. The van der Waals surface area contributed by atoms with Crippen LogP contribution in [-0.2, 0) is 11.3 Å². The molecule has 0 bridgehead atoms. The molecule has 1 rings (SSSR count). The van der Waals surface area contributed by atoms with E-state index in [1.807, 2.05) is 0 Å². The first-order valence-electron chi connectivity index (χ1n) is 4.73. The van der Waals surface area contributed by atoms with Crippen molar-refractivity contribution in [2.45, 2.75) is 19.5 Å². The van der Waals surface area contributed by atoms with E-state index in [1.165, 1.54) is 10.6 Å². The highest BCUT2D eigenvalue weighted by Crippen LogP contribution is 1.83. The molecule has 5 nitrogen and oxygen atoms in total. The van der Waals surface area contributed by atoms with Gasteiger partial charge in [0.05, 0.1) is 0 Å². The van der Waals surface area contributed by atoms with E-state index in [9.17, 15) is 9.59 Å². The molecule has 2 N–H and O–H groups in total. The summed E-state index contributed by atoms with van der Waals surface area (Å²) in [5, 5.41) is 11.4. The second kappa shape index (κ2) is 5.31. The molecular formula is C10H14N2O3. The second-order valence-corrected chi connectivity index (χ2v) is 3.25. The molecule has 1 heterocycles. The Kier molecular flexibility index (Phi) is 4.05. The summed E-state index contributed by atoms with van der Waals surface area (Å²) in [5.41, 5.74) is -0.0812. The molecule has 0 aliphatic carbocycles. The van der Waals surface area contributed by atoms with E-state index in [2.05, 4.69) is 5.32 Å². The molecule has 1 aromatic rings. The van der Waals surface area contributed by atoms with Crippen molar-refractivity contribution in [2.75, 3.05) is 6.54 Å². The van der Waals surface area contributed by atoms with Gasteiger partial charge in [0.25, 0.3) is 5.56 Å². The van der Waals surface area contributed by atoms with Gasteiger partial charge in [-0.3, -0.25) is 9.59 Å². The molecule has 0 aliphatic rings. The maximum absolute atomic E-state index is 11.2. The van der Waals surface area contributed by atoms with Crippen molar-refractivity contribution in [3.05, 3.63) is 34.7 Å². The van der Waals surface area contributed by atoms with Gasteiger partial charge < -0.3 is 15.0 Å². The van der Waals surface area contributed by atoms with Crippen molar-refractivity contribution in [3.8, 4) is 0 Å². The van der Waals surface area contributed by atoms with E-state index >= 15 is 0 Å². The highest BCUT2D eigenvalue weighted by atomic mass is 16.4. The monoisotopic (exact) mass is 210 g/mol. The molecule has 0 amide bonds. The number of hydrogen-bond acceptors (Lipinski definition) is 3. The summed E-state index contributed by atoms with van der Waals surface area (Å²) < 4.78 is 1.53. The highest BCUT2D eigenvalue weighted by Gasteiger charge is 2.08. The van der Waals surface area contributed by atoms with Crippen LogP contribution in [0.3, 0.4) is 0 Å². The molecule has 0 fully saturated rings. The number of aliphatic carboxylic acids is 1. The molecule has 1 unspecified atom stereocenters. The van der Waals surface area contributed by atoms with Gasteiger partial charge in [-0.2, -0.15) is 0 Å². The van der Waals surface area contributed by atoms with Crippen molar-refractivity contribution < 1.29 is 9.90 Å². The number of carbonyl (C=O) groups is 1. The Hall–Kier alpha value is -1.62. The number of nitrogens with zero attached hydrogens (tertiary/aromatic N) is 1. The molecule has 5 heteroatoms. The normalized spacial score (nSPS) is 12.3. The molecule has 0 aromatic carbocycles. The van der Waals surface area contributed by atoms with Gasteiger partial charge in [0, 0.05) is 25.4 Å². The van der Waals surface area contributed by atoms with Crippen molar-refractivity contribution in [2.24, 2.45) is 0 Å². The summed E-state index contributed by atoms with van der Waals surface area (Å²) in [7, 11) is 0. The Balaban J connectivity index is 2.42. The first-order chi connectivity index (χ1) is 7.11. The molecule has 1 atom stereocenters. The highest BCUT2D eigenvalue weighted by molar-refractivity contribution is 5.72. The van der Waals surface area contributed by atoms with Gasteiger partial charge in [-0.15, -0.1) is 0 Å². The van der Waals surface area contributed by atoms with Gasteiger partial charge in [-0.1, -0.05) is 6.07 Å². The largest absolute Gasteiger partial charge is 0.480 e. The second-order valence-electron chi connectivity index (χ2n) is 3.25. The molecule has 0 saturated heterocycles. The van der Waals surface area contributed by atoms with Crippen molar-refractivity contribution >= 4 is 5.97 Å². The maximum atomic E-state index is 11.2. The average molecular weight is 210 g/mol. The molecule has 0 radical (unpaired) electrons. The third kappa shape index (κ3) is 3.55. The minimum Gasteiger partial charge on any atom is -0.480 e. The fraction of sp³-hybridized carbons (Fsp3) is 0.400. The molecule has 0 saturated carbocycles. The van der Waals surface area contributed by atoms with Gasteiger partial charge in [-0.05, 0) is 13.0 Å². The van der Waals surface area contributed by atoms with Crippen LogP contribution < -0.4 is 10.9 Å². The first-order valence-corrected chi connectivity index (χ1v) is 4.73. The zero-order valence-electron chi connectivity index (χ0n) is 8.51. The van der Waals surface area contributed by atoms with E-state index in [0.29, 0.717) is 13.1 Å². The number of hydrogen-bond donors (Lipinski definition) is 2. The van der Waals surface area contributed by atoms with E-state index < -0.39 is 12.0 Å². The Morgan fingerprint density at radius 1 is 1.60 bits per heavy atom. The Morgan fingerprint density at radius 3 is 2.93 bits per heavy atom. The predicted octanol–water partition coefficient (Wildman–Crippen LogP) is -0.0890. The SMILES string of the molecule is CC(NCCn1ccccc1=O)C(=O)O. The minimum absolute atomic E-state index is 0.0812. The van der Waals surface area contributed by atoms with Gasteiger partial charge in [-0.25, -0.2) is 0 Å². The topological polar surface area (TPSA) is 71.3 Å². The number of carboxylic acid groups (broad SMARTS) is 1. The Morgan fingerprint density at radius 2 is 2.33 bits per heavy atom. The van der Waals surface area contributed by atoms with Crippen LogP contribution >= 0.6 is 0 Å². The molecule has 0 aliphatic heterocycles. The fourth-order valence-electron chi connectivity index (χ4n) is 1.13. The van der Waals surface area contributed by atoms with Crippen molar-refractivity contribution in [3.63, 3.8) is 0 Å². The Labute approximate surface area is 87.4 Å². The lowest BCUT2D eigenvalue weighted by atomic mass is 10.3. The van der Waals surface area contributed by atoms with Crippen LogP contribution in [0.5, 0.6) is 0 Å². The summed E-state index contributed by atoms with van der Waals surface area (Å²) >= 11 is 0. The smallest absolute Gasteiger partial charge is 0.320 e. The van der Waals surface area contributed by atoms with Gasteiger partial charge >= 0.3 is 5.97 Å². The first kappa shape index (κ1) is 11.5. The van der Waals surface area contributed by atoms with Crippen LogP contribution in [0.15, 0.2) is 29.2 Å². The fourth-order valence-corrected chi connectivity index (χ4v) is 1.13. The molecule has 15 heavy (non-hydrogen) atoms. The lowest BCUT2D eigenvalue weighted by molar-refractivity contribution is -0.138. The summed E-state index contributed by atoms with van der Waals surface area (Å²) in [5.74, 6) is -0.893. The molecular weight excluding hydrogens is 196 g/mol. The van der Waals surface area contributed by atoms with Gasteiger partial charge in [0.1, 0.15) is 6.04 Å². The summed E-state index contributed by atoms with van der Waals surface area (Å²) in [4.78, 5) is 21.7. The predicted molar refractivity (Wildman–Crippen MR) is 55.8 cm³/mol.